The largest absolute Gasteiger partial charge is 0.465 e. The number of furan rings is 1. The van der Waals surface area contributed by atoms with Gasteiger partial charge in [0.15, 0.2) is 0 Å². The number of nitrogens with one attached hydrogen (secondary N) is 1. The Hall–Kier alpha value is -2.07. The van der Waals surface area contributed by atoms with Crippen LogP contribution in [0.3, 0.4) is 0 Å². The number of rotatable bonds is 5. The Kier molecular flexibility index (Phi) is 5.36. The normalized spacial score (nSPS) is 16.8. The number of aryl methyl sites for hydroxylation is 2. The maximum atomic E-state index is 12.4. The summed E-state index contributed by atoms with van der Waals surface area (Å²) in [6.07, 6.45) is 3.71. The van der Waals surface area contributed by atoms with Gasteiger partial charge in [-0.3, -0.25) is 9.69 Å². The van der Waals surface area contributed by atoms with Crippen molar-refractivity contribution in [1.29, 1.82) is 0 Å². The Labute approximate surface area is 143 Å². The van der Waals surface area contributed by atoms with Gasteiger partial charge in [0.25, 0.3) is 5.91 Å². The lowest BCUT2D eigenvalue weighted by atomic mass is 10.1. The van der Waals surface area contributed by atoms with Crippen LogP contribution in [0.25, 0.3) is 0 Å². The molecule has 1 atom stereocenters. The molecule has 0 radical (unpaired) electrons. The van der Waals surface area contributed by atoms with Gasteiger partial charge in [-0.15, -0.1) is 0 Å². The highest BCUT2D eigenvalue weighted by atomic mass is 16.3. The van der Waals surface area contributed by atoms with Gasteiger partial charge in [0, 0.05) is 12.1 Å². The summed E-state index contributed by atoms with van der Waals surface area (Å²) < 4.78 is 5.86. The van der Waals surface area contributed by atoms with Crippen LogP contribution in [0.2, 0.25) is 0 Å². The number of hydrogen-bond donors (Lipinski definition) is 1. The van der Waals surface area contributed by atoms with Gasteiger partial charge in [0.1, 0.15) is 11.5 Å². The molecule has 3 rings (SSSR count). The van der Waals surface area contributed by atoms with Crippen molar-refractivity contribution in [3.05, 3.63) is 59.0 Å². The fraction of sp³-hybridized carbons (Fsp3) is 0.450. The summed E-state index contributed by atoms with van der Waals surface area (Å²) in [4.78, 5) is 14.8. The molecule has 1 saturated heterocycles. The van der Waals surface area contributed by atoms with Crippen molar-refractivity contribution in [2.75, 3.05) is 19.6 Å². The average Bonchev–Trinajstić information content (AvgIpc) is 3.02. The number of benzene rings is 1. The molecule has 0 bridgehead atoms. The van der Waals surface area contributed by atoms with Gasteiger partial charge in [0.05, 0.1) is 6.04 Å². The molecule has 4 nitrogen and oxygen atoms in total. The number of nitrogens with zero attached hydrogens (tertiary/aromatic N) is 1. The SMILES string of the molecule is Cc1ccc(C(=O)NC[C@@H](c2ccc(C)o2)N2CCCCC2)cc1. The smallest absolute Gasteiger partial charge is 0.251 e. The molecule has 1 aliphatic rings. The third kappa shape index (κ3) is 4.06. The molecule has 0 aliphatic carbocycles. The molecule has 0 unspecified atom stereocenters. The fourth-order valence-electron chi connectivity index (χ4n) is 3.27. The van der Waals surface area contributed by atoms with E-state index < -0.39 is 0 Å². The first-order valence-corrected chi connectivity index (χ1v) is 8.79. The van der Waals surface area contributed by atoms with Gasteiger partial charge in [-0.1, -0.05) is 24.1 Å². The number of hydrogen-bond acceptors (Lipinski definition) is 3. The molecule has 1 N–H and O–H groups in total. The first kappa shape index (κ1) is 16.8. The van der Waals surface area contributed by atoms with Gasteiger partial charge in [-0.2, -0.15) is 0 Å². The second kappa shape index (κ2) is 7.67. The second-order valence-corrected chi connectivity index (χ2v) is 6.64. The summed E-state index contributed by atoms with van der Waals surface area (Å²) in [5.74, 6) is 1.83. The molecule has 1 amide bonds. The molecule has 24 heavy (non-hydrogen) atoms. The monoisotopic (exact) mass is 326 g/mol. The Bertz CT molecular complexity index is 669. The van der Waals surface area contributed by atoms with Crippen LogP contribution in [0, 0.1) is 13.8 Å². The number of carbonyl (C=O) groups excluding carboxylic acids is 1. The van der Waals surface area contributed by atoms with E-state index in [9.17, 15) is 4.79 Å². The van der Waals surface area contributed by atoms with E-state index in [0.717, 1.165) is 30.2 Å². The lowest BCUT2D eigenvalue weighted by molar-refractivity contribution is 0.0913. The Morgan fingerprint density at radius 1 is 1.08 bits per heavy atom. The molecule has 1 fully saturated rings. The van der Waals surface area contributed by atoms with E-state index >= 15 is 0 Å². The zero-order valence-electron chi connectivity index (χ0n) is 14.5. The first-order valence-electron chi connectivity index (χ1n) is 8.79. The number of likely N-dealkylation sites (tertiary alicyclic amines) is 1. The zero-order chi connectivity index (χ0) is 16.9. The van der Waals surface area contributed by atoms with Crippen LogP contribution in [0.1, 0.15) is 52.7 Å². The van der Waals surface area contributed by atoms with Gasteiger partial charge >= 0.3 is 0 Å². The highest BCUT2D eigenvalue weighted by Crippen LogP contribution is 2.25. The molecular formula is C20H26N2O2. The van der Waals surface area contributed by atoms with Crippen molar-refractivity contribution in [3.63, 3.8) is 0 Å². The summed E-state index contributed by atoms with van der Waals surface area (Å²) in [5, 5.41) is 3.08. The van der Waals surface area contributed by atoms with Crippen molar-refractivity contribution in [3.8, 4) is 0 Å². The topological polar surface area (TPSA) is 45.5 Å². The van der Waals surface area contributed by atoms with Crippen LogP contribution in [0.15, 0.2) is 40.8 Å². The van der Waals surface area contributed by atoms with Crippen molar-refractivity contribution in [2.24, 2.45) is 0 Å². The van der Waals surface area contributed by atoms with Crippen molar-refractivity contribution >= 4 is 5.91 Å². The molecule has 2 aromatic rings. The van der Waals surface area contributed by atoms with Crippen LogP contribution < -0.4 is 5.32 Å². The summed E-state index contributed by atoms with van der Waals surface area (Å²) in [5.41, 5.74) is 1.86. The van der Waals surface area contributed by atoms with Crippen LogP contribution >= 0.6 is 0 Å². The lowest BCUT2D eigenvalue weighted by Crippen LogP contribution is -2.40. The summed E-state index contributed by atoms with van der Waals surface area (Å²) >= 11 is 0. The standard InChI is InChI=1S/C20H26N2O2/c1-15-6-9-17(10-7-15)20(23)21-14-18(19-11-8-16(2)24-19)22-12-4-3-5-13-22/h6-11,18H,3-5,12-14H2,1-2H3,(H,21,23)/t18-/m0/s1. The maximum absolute atomic E-state index is 12.4. The van der Waals surface area contributed by atoms with Crippen LogP contribution in [0.4, 0.5) is 0 Å². The Morgan fingerprint density at radius 2 is 1.79 bits per heavy atom. The maximum Gasteiger partial charge on any atom is 0.251 e. The minimum absolute atomic E-state index is 0.0275. The number of carbonyl (C=O) groups is 1. The minimum Gasteiger partial charge on any atom is -0.465 e. The van der Waals surface area contributed by atoms with Crippen LogP contribution in [0.5, 0.6) is 0 Å². The summed E-state index contributed by atoms with van der Waals surface area (Å²) in [6, 6.07) is 11.8. The number of piperidine rings is 1. The highest BCUT2D eigenvalue weighted by Gasteiger charge is 2.25. The van der Waals surface area contributed by atoms with Gasteiger partial charge in [-0.25, -0.2) is 0 Å². The molecule has 2 heterocycles. The molecule has 1 aromatic carbocycles. The third-order valence-corrected chi connectivity index (χ3v) is 4.69. The molecule has 4 heteroatoms. The second-order valence-electron chi connectivity index (χ2n) is 6.64. The average molecular weight is 326 g/mol. The Morgan fingerprint density at radius 3 is 2.42 bits per heavy atom. The molecule has 1 aliphatic heterocycles. The highest BCUT2D eigenvalue weighted by molar-refractivity contribution is 5.94. The van der Waals surface area contributed by atoms with Gasteiger partial charge in [0.2, 0.25) is 0 Å². The quantitative estimate of drug-likeness (QED) is 0.907. The lowest BCUT2D eigenvalue weighted by Gasteiger charge is -2.33. The molecule has 1 aromatic heterocycles. The third-order valence-electron chi connectivity index (χ3n) is 4.69. The minimum atomic E-state index is -0.0275. The van der Waals surface area contributed by atoms with E-state index in [-0.39, 0.29) is 11.9 Å². The zero-order valence-corrected chi connectivity index (χ0v) is 14.5. The van der Waals surface area contributed by atoms with Crippen molar-refractivity contribution < 1.29 is 9.21 Å². The molecule has 0 saturated carbocycles. The molecule has 0 spiro atoms. The number of amides is 1. The predicted molar refractivity (Wildman–Crippen MR) is 95.1 cm³/mol. The summed E-state index contributed by atoms with van der Waals surface area (Å²) in [7, 11) is 0. The van der Waals surface area contributed by atoms with E-state index in [0.29, 0.717) is 12.1 Å². The predicted octanol–water partition coefficient (Wildman–Crippen LogP) is 3.85. The summed E-state index contributed by atoms with van der Waals surface area (Å²) in [6.45, 7) is 6.67. The van der Waals surface area contributed by atoms with Crippen LogP contribution in [-0.2, 0) is 0 Å². The fourth-order valence-corrected chi connectivity index (χ4v) is 3.27. The van der Waals surface area contributed by atoms with E-state index in [1.54, 1.807) is 0 Å². The van der Waals surface area contributed by atoms with Gasteiger partial charge < -0.3 is 9.73 Å². The first-order chi connectivity index (χ1) is 11.6. The molecule has 128 valence electrons. The van der Waals surface area contributed by atoms with E-state index in [1.165, 1.54) is 19.3 Å². The van der Waals surface area contributed by atoms with E-state index in [4.69, 9.17) is 4.42 Å². The van der Waals surface area contributed by atoms with E-state index in [2.05, 4.69) is 10.2 Å². The Balaban J connectivity index is 1.69. The van der Waals surface area contributed by atoms with E-state index in [1.807, 2.05) is 50.2 Å². The van der Waals surface area contributed by atoms with Gasteiger partial charge in [-0.05, 0) is 64.0 Å². The van der Waals surface area contributed by atoms with Crippen LogP contribution in [-0.4, -0.2) is 30.4 Å². The van der Waals surface area contributed by atoms with Crippen molar-refractivity contribution in [1.82, 2.24) is 10.2 Å². The van der Waals surface area contributed by atoms with Crippen molar-refractivity contribution in [2.45, 2.75) is 39.2 Å². The molecular weight excluding hydrogens is 300 g/mol.